The number of benzene rings is 2. The monoisotopic (exact) mass is 282 g/mol. The molecule has 0 aliphatic rings. The summed E-state index contributed by atoms with van der Waals surface area (Å²) in [5.41, 5.74) is 1.79. The molecule has 1 aromatic heterocycles. The molecule has 0 N–H and O–H groups in total. The predicted molar refractivity (Wildman–Crippen MR) is 82.4 cm³/mol. The molecule has 3 aromatic rings. The Balaban J connectivity index is 1.82. The zero-order valence-corrected chi connectivity index (χ0v) is 11.9. The molecule has 0 saturated carbocycles. The molecule has 0 radical (unpaired) electrons. The highest BCUT2D eigenvalue weighted by molar-refractivity contribution is 7.19. The average molecular weight is 282 g/mol. The van der Waals surface area contributed by atoms with E-state index in [2.05, 4.69) is 30.3 Å². The van der Waals surface area contributed by atoms with Crippen LogP contribution in [0.15, 0.2) is 54.6 Å². The van der Waals surface area contributed by atoms with Crippen LogP contribution in [0.2, 0.25) is 0 Å². The van der Waals surface area contributed by atoms with Crippen LogP contribution in [0.3, 0.4) is 0 Å². The summed E-state index contributed by atoms with van der Waals surface area (Å²) in [4.78, 5) is 12.7. The van der Waals surface area contributed by atoms with E-state index < -0.39 is 0 Å². The van der Waals surface area contributed by atoms with Crippen LogP contribution in [-0.4, -0.2) is 13.1 Å². The van der Waals surface area contributed by atoms with E-state index in [-0.39, 0.29) is 5.97 Å². The van der Waals surface area contributed by atoms with Gasteiger partial charge in [-0.3, -0.25) is 0 Å². The number of fused-ring (bicyclic) bond motifs is 1. The Morgan fingerprint density at radius 1 is 1.10 bits per heavy atom. The molecular formula is C17H14O2S. The van der Waals surface area contributed by atoms with E-state index >= 15 is 0 Å². The van der Waals surface area contributed by atoms with Gasteiger partial charge in [0, 0.05) is 16.0 Å². The van der Waals surface area contributed by atoms with Gasteiger partial charge in [-0.15, -0.1) is 11.3 Å². The van der Waals surface area contributed by atoms with Crippen molar-refractivity contribution in [3.05, 3.63) is 70.6 Å². The quantitative estimate of drug-likeness (QED) is 0.670. The van der Waals surface area contributed by atoms with Crippen molar-refractivity contribution in [3.63, 3.8) is 0 Å². The lowest BCUT2D eigenvalue weighted by Gasteiger charge is -2.01. The standard InChI is InChI=1S/C17H14O2S/c1-19-17(18)13-8-6-12(7-9-13)10-15-11-14-4-2-3-5-16(14)20-15/h2-9,11H,10H2,1H3. The first-order valence-corrected chi connectivity index (χ1v) is 7.22. The molecule has 20 heavy (non-hydrogen) atoms. The van der Waals surface area contributed by atoms with E-state index in [0.29, 0.717) is 5.56 Å². The number of rotatable bonds is 3. The minimum absolute atomic E-state index is 0.293. The highest BCUT2D eigenvalue weighted by Gasteiger charge is 2.06. The highest BCUT2D eigenvalue weighted by Crippen LogP contribution is 2.27. The van der Waals surface area contributed by atoms with Crippen molar-refractivity contribution in [3.8, 4) is 0 Å². The van der Waals surface area contributed by atoms with Crippen molar-refractivity contribution in [2.24, 2.45) is 0 Å². The Bertz CT molecular complexity index is 708. The van der Waals surface area contributed by atoms with E-state index in [9.17, 15) is 4.79 Å². The van der Waals surface area contributed by atoms with Gasteiger partial charge in [-0.25, -0.2) is 4.79 Å². The molecule has 1 heterocycles. The normalized spacial score (nSPS) is 10.7. The summed E-state index contributed by atoms with van der Waals surface area (Å²) in [6, 6.07) is 18.2. The van der Waals surface area contributed by atoms with Crippen LogP contribution in [0, 0.1) is 0 Å². The van der Waals surface area contributed by atoms with Gasteiger partial charge in [-0.2, -0.15) is 0 Å². The maximum absolute atomic E-state index is 11.4. The first kappa shape index (κ1) is 12.9. The number of hydrogen-bond donors (Lipinski definition) is 0. The second-order valence-electron chi connectivity index (χ2n) is 4.62. The first-order valence-electron chi connectivity index (χ1n) is 6.41. The summed E-state index contributed by atoms with van der Waals surface area (Å²) >= 11 is 1.82. The van der Waals surface area contributed by atoms with Crippen molar-refractivity contribution in [2.45, 2.75) is 6.42 Å². The molecular weight excluding hydrogens is 268 g/mol. The van der Waals surface area contributed by atoms with Crippen molar-refractivity contribution in [2.75, 3.05) is 7.11 Å². The predicted octanol–water partition coefficient (Wildman–Crippen LogP) is 4.28. The topological polar surface area (TPSA) is 26.3 Å². The minimum atomic E-state index is -0.293. The molecule has 0 aliphatic carbocycles. The summed E-state index contributed by atoms with van der Waals surface area (Å²) in [5.74, 6) is -0.293. The average Bonchev–Trinajstić information content (AvgIpc) is 2.89. The fraction of sp³-hybridized carbons (Fsp3) is 0.118. The van der Waals surface area contributed by atoms with Crippen LogP contribution in [-0.2, 0) is 11.2 Å². The Hall–Kier alpha value is -2.13. The molecule has 2 aromatic carbocycles. The molecule has 0 spiro atoms. The molecule has 2 nitrogen and oxygen atoms in total. The minimum Gasteiger partial charge on any atom is -0.465 e. The number of carbonyl (C=O) groups is 1. The van der Waals surface area contributed by atoms with Crippen molar-refractivity contribution < 1.29 is 9.53 Å². The largest absolute Gasteiger partial charge is 0.465 e. The molecule has 0 aliphatic heterocycles. The summed E-state index contributed by atoms with van der Waals surface area (Å²) in [6.45, 7) is 0. The fourth-order valence-corrected chi connectivity index (χ4v) is 3.30. The SMILES string of the molecule is COC(=O)c1ccc(Cc2cc3ccccc3s2)cc1. The maximum atomic E-state index is 11.4. The lowest BCUT2D eigenvalue weighted by atomic mass is 10.1. The summed E-state index contributed by atoms with van der Waals surface area (Å²) in [6.07, 6.45) is 0.890. The van der Waals surface area contributed by atoms with E-state index in [1.54, 1.807) is 0 Å². The van der Waals surface area contributed by atoms with Gasteiger partial charge < -0.3 is 4.74 Å². The van der Waals surface area contributed by atoms with Crippen LogP contribution < -0.4 is 0 Å². The lowest BCUT2D eigenvalue weighted by molar-refractivity contribution is 0.0600. The van der Waals surface area contributed by atoms with Crippen LogP contribution in [0.5, 0.6) is 0 Å². The van der Waals surface area contributed by atoms with Crippen LogP contribution in [0.25, 0.3) is 10.1 Å². The van der Waals surface area contributed by atoms with Crippen molar-refractivity contribution >= 4 is 27.4 Å². The van der Waals surface area contributed by atoms with E-state index in [1.165, 1.54) is 27.6 Å². The van der Waals surface area contributed by atoms with E-state index in [0.717, 1.165) is 6.42 Å². The summed E-state index contributed by atoms with van der Waals surface area (Å²) in [5, 5.41) is 1.29. The zero-order valence-electron chi connectivity index (χ0n) is 11.1. The van der Waals surface area contributed by atoms with Crippen LogP contribution in [0.1, 0.15) is 20.8 Å². The third-order valence-corrected chi connectivity index (χ3v) is 4.35. The second-order valence-corrected chi connectivity index (χ2v) is 5.78. The Morgan fingerprint density at radius 3 is 2.55 bits per heavy atom. The van der Waals surface area contributed by atoms with Gasteiger partial charge in [0.2, 0.25) is 0 Å². The first-order chi connectivity index (χ1) is 9.76. The van der Waals surface area contributed by atoms with E-state index in [1.807, 2.05) is 35.6 Å². The number of methoxy groups -OCH3 is 1. The molecule has 0 amide bonds. The summed E-state index contributed by atoms with van der Waals surface area (Å²) in [7, 11) is 1.40. The van der Waals surface area contributed by atoms with Gasteiger partial charge in [0.15, 0.2) is 0 Å². The molecule has 100 valence electrons. The third kappa shape index (κ3) is 2.58. The molecule has 0 bridgehead atoms. The van der Waals surface area contributed by atoms with Gasteiger partial charge in [-0.1, -0.05) is 30.3 Å². The lowest BCUT2D eigenvalue weighted by Crippen LogP contribution is -2.00. The smallest absolute Gasteiger partial charge is 0.337 e. The van der Waals surface area contributed by atoms with E-state index in [4.69, 9.17) is 4.74 Å². The Labute approximate surface area is 121 Å². The highest BCUT2D eigenvalue weighted by atomic mass is 32.1. The summed E-state index contributed by atoms with van der Waals surface area (Å²) < 4.78 is 6.01. The van der Waals surface area contributed by atoms with Gasteiger partial charge in [0.25, 0.3) is 0 Å². The number of esters is 1. The fourth-order valence-electron chi connectivity index (χ4n) is 2.20. The Kier molecular flexibility index (Phi) is 3.52. The van der Waals surface area contributed by atoms with Gasteiger partial charge in [-0.05, 0) is 35.2 Å². The molecule has 0 fully saturated rings. The zero-order chi connectivity index (χ0) is 13.9. The number of thiophene rings is 1. The van der Waals surface area contributed by atoms with Gasteiger partial charge >= 0.3 is 5.97 Å². The molecule has 3 rings (SSSR count). The number of carbonyl (C=O) groups excluding carboxylic acids is 1. The third-order valence-electron chi connectivity index (χ3n) is 3.23. The maximum Gasteiger partial charge on any atom is 0.337 e. The molecule has 0 unspecified atom stereocenters. The van der Waals surface area contributed by atoms with Crippen LogP contribution >= 0.6 is 11.3 Å². The van der Waals surface area contributed by atoms with Gasteiger partial charge in [0.05, 0.1) is 12.7 Å². The molecule has 3 heteroatoms. The van der Waals surface area contributed by atoms with Crippen LogP contribution in [0.4, 0.5) is 0 Å². The van der Waals surface area contributed by atoms with Crippen molar-refractivity contribution in [1.82, 2.24) is 0 Å². The Morgan fingerprint density at radius 2 is 1.85 bits per heavy atom. The van der Waals surface area contributed by atoms with Crippen molar-refractivity contribution in [1.29, 1.82) is 0 Å². The number of ether oxygens (including phenoxy) is 1. The van der Waals surface area contributed by atoms with Gasteiger partial charge in [0.1, 0.15) is 0 Å². The second kappa shape index (κ2) is 5.47. The molecule has 0 atom stereocenters. The number of hydrogen-bond acceptors (Lipinski definition) is 3. The molecule has 0 saturated heterocycles.